The van der Waals surface area contributed by atoms with E-state index < -0.39 is 17.8 Å². The number of hydrogen-bond donors (Lipinski definition) is 2. The van der Waals surface area contributed by atoms with Gasteiger partial charge < -0.3 is 9.47 Å². The van der Waals surface area contributed by atoms with E-state index in [1.807, 2.05) is 6.92 Å². The Kier molecular flexibility index (Phi) is 12.1. The van der Waals surface area contributed by atoms with Crippen LogP contribution in [0.1, 0.15) is 73.1 Å². The average Bonchev–Trinajstić information content (AvgIpc) is 2.49. The number of ketones is 1. The van der Waals surface area contributed by atoms with E-state index in [0.29, 0.717) is 19.4 Å². The highest BCUT2D eigenvalue weighted by atomic mass is 16.6. The molecule has 8 heteroatoms. The van der Waals surface area contributed by atoms with E-state index in [2.05, 4.69) is 15.6 Å². The molecule has 2 N–H and O–H groups in total. The number of unbranched alkanes of at least 4 members (excludes halogenated alkanes) is 2. The molecule has 0 aromatic rings. The van der Waals surface area contributed by atoms with Gasteiger partial charge in [-0.1, -0.05) is 13.3 Å². The molecule has 0 saturated heterocycles. The molecular formula is C18H33N3O5. The first-order valence-corrected chi connectivity index (χ1v) is 9.17. The third-order valence-corrected chi connectivity index (χ3v) is 3.03. The Hall–Kier alpha value is -2.12. The molecule has 26 heavy (non-hydrogen) atoms. The highest BCUT2D eigenvalue weighted by Gasteiger charge is 2.18. The second kappa shape index (κ2) is 13.1. The number of aliphatic imine (C=N–C) groups is 1. The molecule has 0 unspecified atom stereocenters. The lowest BCUT2D eigenvalue weighted by Crippen LogP contribution is -2.46. The number of amides is 2. The van der Waals surface area contributed by atoms with Crippen LogP contribution in [0.3, 0.4) is 0 Å². The summed E-state index contributed by atoms with van der Waals surface area (Å²) in [6, 6.07) is 0. The van der Waals surface area contributed by atoms with Crippen LogP contribution >= 0.6 is 0 Å². The van der Waals surface area contributed by atoms with Gasteiger partial charge in [-0.15, -0.1) is 0 Å². The maximum absolute atomic E-state index is 11.8. The fourth-order valence-corrected chi connectivity index (χ4v) is 1.98. The normalized spacial score (nSPS) is 11.7. The summed E-state index contributed by atoms with van der Waals surface area (Å²) in [5.74, 6) is 0.270. The molecule has 2 amide bonds. The molecule has 150 valence electrons. The van der Waals surface area contributed by atoms with Crippen molar-refractivity contribution >= 4 is 23.9 Å². The van der Waals surface area contributed by atoms with E-state index in [4.69, 9.17) is 9.47 Å². The van der Waals surface area contributed by atoms with Gasteiger partial charge >= 0.3 is 12.2 Å². The van der Waals surface area contributed by atoms with Gasteiger partial charge in [0.2, 0.25) is 5.96 Å². The molecule has 0 aliphatic heterocycles. The summed E-state index contributed by atoms with van der Waals surface area (Å²) in [6.07, 6.45) is 3.08. The number of nitrogens with zero attached hydrogens (tertiary/aromatic N) is 1. The van der Waals surface area contributed by atoms with Crippen LogP contribution < -0.4 is 10.6 Å². The van der Waals surface area contributed by atoms with Crippen LogP contribution in [0.25, 0.3) is 0 Å². The van der Waals surface area contributed by atoms with Crippen molar-refractivity contribution < 1.29 is 23.9 Å². The van der Waals surface area contributed by atoms with Gasteiger partial charge in [-0.2, -0.15) is 0 Å². The van der Waals surface area contributed by atoms with Crippen LogP contribution in [0, 0.1) is 0 Å². The summed E-state index contributed by atoms with van der Waals surface area (Å²) >= 11 is 0. The van der Waals surface area contributed by atoms with Crippen LogP contribution in [0.5, 0.6) is 0 Å². The number of rotatable bonds is 9. The summed E-state index contributed by atoms with van der Waals surface area (Å²) in [7, 11) is 0. The molecule has 0 aliphatic carbocycles. The number of carbonyl (C=O) groups excluding carboxylic acids is 3. The molecular weight excluding hydrogens is 338 g/mol. The Morgan fingerprint density at radius 2 is 1.58 bits per heavy atom. The summed E-state index contributed by atoms with van der Waals surface area (Å²) in [6.45, 7) is 9.49. The lowest BCUT2D eigenvalue weighted by atomic mass is 10.1. The van der Waals surface area contributed by atoms with Crippen molar-refractivity contribution in [2.75, 3.05) is 13.2 Å². The Labute approximate surface area is 156 Å². The van der Waals surface area contributed by atoms with Crippen molar-refractivity contribution in [3.8, 4) is 0 Å². The number of Topliss-reactive ketones (excluding diaryl/α,β-unsaturated/α-hetero) is 1. The fraction of sp³-hybridized carbons (Fsp3) is 0.778. The zero-order valence-electron chi connectivity index (χ0n) is 16.6. The first kappa shape index (κ1) is 23.9. The quantitative estimate of drug-likeness (QED) is 0.366. The minimum atomic E-state index is -0.710. The number of carbonyl (C=O) groups is 3. The second-order valence-electron chi connectivity index (χ2n) is 6.80. The predicted octanol–water partition coefficient (Wildman–Crippen LogP) is 3.54. The molecule has 0 aromatic heterocycles. The van der Waals surface area contributed by atoms with Gasteiger partial charge in [0, 0.05) is 19.4 Å². The van der Waals surface area contributed by atoms with Crippen molar-refractivity contribution in [3.05, 3.63) is 0 Å². The minimum absolute atomic E-state index is 0.0141. The number of alkyl carbamates (subject to hydrolysis) is 2. The van der Waals surface area contributed by atoms with Crippen LogP contribution in [-0.4, -0.2) is 42.7 Å². The summed E-state index contributed by atoms with van der Waals surface area (Å²) in [4.78, 5) is 39.0. The zero-order chi connectivity index (χ0) is 20.0. The number of nitrogens with one attached hydrogen (secondary N) is 2. The average molecular weight is 371 g/mol. The van der Waals surface area contributed by atoms with Crippen molar-refractivity contribution in [2.24, 2.45) is 4.99 Å². The van der Waals surface area contributed by atoms with E-state index in [1.54, 1.807) is 27.7 Å². The highest BCUT2D eigenvalue weighted by molar-refractivity contribution is 6.01. The lowest BCUT2D eigenvalue weighted by Gasteiger charge is -2.20. The van der Waals surface area contributed by atoms with E-state index in [1.165, 1.54) is 0 Å². The Bertz CT molecular complexity index is 484. The van der Waals surface area contributed by atoms with Gasteiger partial charge in [0.25, 0.3) is 0 Å². The third-order valence-electron chi connectivity index (χ3n) is 3.03. The highest BCUT2D eigenvalue weighted by Crippen LogP contribution is 2.06. The Morgan fingerprint density at radius 1 is 0.923 bits per heavy atom. The van der Waals surface area contributed by atoms with Crippen molar-refractivity contribution in [3.63, 3.8) is 0 Å². The van der Waals surface area contributed by atoms with Crippen molar-refractivity contribution in [2.45, 2.75) is 78.7 Å². The van der Waals surface area contributed by atoms with Gasteiger partial charge in [-0.25, -0.2) is 9.59 Å². The van der Waals surface area contributed by atoms with Crippen LogP contribution in [0.15, 0.2) is 4.99 Å². The SMILES string of the molecule is CCCC(=O)CCCCCN=C(NC(=O)OCC)NC(=O)OC(C)(C)C. The topological polar surface area (TPSA) is 106 Å². The van der Waals surface area contributed by atoms with Gasteiger partial charge in [-0.05, 0) is 47.0 Å². The van der Waals surface area contributed by atoms with Crippen LogP contribution in [0.4, 0.5) is 9.59 Å². The lowest BCUT2D eigenvalue weighted by molar-refractivity contribution is -0.119. The third kappa shape index (κ3) is 14.2. The van der Waals surface area contributed by atoms with Crippen LogP contribution in [0.2, 0.25) is 0 Å². The Morgan fingerprint density at radius 3 is 2.15 bits per heavy atom. The first-order valence-electron chi connectivity index (χ1n) is 9.17. The van der Waals surface area contributed by atoms with E-state index in [-0.39, 0.29) is 18.3 Å². The number of guanidine groups is 1. The predicted molar refractivity (Wildman–Crippen MR) is 100 cm³/mol. The number of ether oxygens (including phenoxy) is 2. The van der Waals surface area contributed by atoms with Crippen molar-refractivity contribution in [1.82, 2.24) is 10.6 Å². The summed E-state index contributed by atoms with van der Waals surface area (Å²) in [5, 5.41) is 4.79. The molecule has 0 bridgehead atoms. The maximum atomic E-state index is 11.8. The minimum Gasteiger partial charge on any atom is -0.450 e. The second-order valence-corrected chi connectivity index (χ2v) is 6.80. The van der Waals surface area contributed by atoms with Crippen molar-refractivity contribution in [1.29, 1.82) is 0 Å². The molecule has 0 heterocycles. The first-order chi connectivity index (χ1) is 12.2. The Balaban J connectivity index is 4.45. The monoisotopic (exact) mass is 371 g/mol. The molecule has 0 atom stereocenters. The van der Waals surface area contributed by atoms with Gasteiger partial charge in [0.1, 0.15) is 11.4 Å². The molecule has 0 aliphatic rings. The number of hydrogen-bond acceptors (Lipinski definition) is 6. The standard InChI is InChI=1S/C18H33N3O5/c1-6-11-14(22)12-9-8-10-13-19-15(20-16(23)25-7-2)21-17(24)26-18(3,4)5/h6-13H2,1-5H3,(H2,19,20,21,23,24). The largest absolute Gasteiger partial charge is 0.450 e. The smallest absolute Gasteiger partial charge is 0.414 e. The molecule has 0 fully saturated rings. The molecule has 0 radical (unpaired) electrons. The molecule has 0 saturated carbocycles. The molecule has 0 aromatic carbocycles. The van der Waals surface area contributed by atoms with E-state index in [0.717, 1.165) is 25.7 Å². The molecule has 8 nitrogen and oxygen atoms in total. The summed E-state index contributed by atoms with van der Waals surface area (Å²) < 4.78 is 9.93. The summed E-state index contributed by atoms with van der Waals surface area (Å²) in [5.41, 5.74) is -0.663. The molecule has 0 spiro atoms. The zero-order valence-corrected chi connectivity index (χ0v) is 16.6. The molecule has 0 rings (SSSR count). The van der Waals surface area contributed by atoms with E-state index >= 15 is 0 Å². The van der Waals surface area contributed by atoms with E-state index in [9.17, 15) is 14.4 Å². The van der Waals surface area contributed by atoms with Gasteiger partial charge in [0.05, 0.1) is 6.61 Å². The van der Waals surface area contributed by atoms with Gasteiger partial charge in [-0.3, -0.25) is 20.4 Å². The van der Waals surface area contributed by atoms with Gasteiger partial charge in [0.15, 0.2) is 0 Å². The van der Waals surface area contributed by atoms with Crippen LogP contribution in [-0.2, 0) is 14.3 Å². The fourth-order valence-electron chi connectivity index (χ4n) is 1.98. The maximum Gasteiger partial charge on any atom is 0.414 e.